The number of nitrogens with one attached hydrogen (secondary N) is 1. The van der Waals surface area contributed by atoms with Crippen molar-refractivity contribution >= 4 is 15.9 Å². The molecule has 0 bridgehead atoms. The lowest BCUT2D eigenvalue weighted by atomic mass is 10.1. The highest BCUT2D eigenvalue weighted by Crippen LogP contribution is 2.33. The van der Waals surface area contributed by atoms with Crippen LogP contribution in [-0.4, -0.2) is 30.9 Å². The summed E-state index contributed by atoms with van der Waals surface area (Å²) in [7, 11) is -4.28. The summed E-state index contributed by atoms with van der Waals surface area (Å²) in [6.07, 6.45) is 0. The van der Waals surface area contributed by atoms with E-state index in [1.54, 1.807) is 19.1 Å². The van der Waals surface area contributed by atoms with Crippen LogP contribution in [0.4, 0.5) is 4.39 Å². The van der Waals surface area contributed by atoms with Gasteiger partial charge in [-0.15, -0.1) is 0 Å². The van der Waals surface area contributed by atoms with Gasteiger partial charge in [0.25, 0.3) is 15.9 Å². The number of amides is 1. The highest BCUT2D eigenvalue weighted by atomic mass is 32.2. The minimum atomic E-state index is -4.28. The Balaban J connectivity index is 1.77. The van der Waals surface area contributed by atoms with E-state index in [2.05, 4.69) is 9.97 Å². The van der Waals surface area contributed by atoms with Crippen molar-refractivity contribution in [3.05, 3.63) is 94.9 Å². The summed E-state index contributed by atoms with van der Waals surface area (Å²) in [6, 6.07) is 17.1. The Morgan fingerprint density at radius 1 is 0.950 bits per heavy atom. The standard InChI is InChI=1S/C30H30FN3O5S/c1-18(2)17-38-24-15-22(14-23(31)16-24)26-13-12-25(30(33-26)39-28-19(3)8-6-9-20(28)4)29(35)34-40(36,37)27-11-7-10-21(5)32-27/h6-16,18H,17H2,1-5H3,(H,34,35). The van der Waals surface area contributed by atoms with Crippen molar-refractivity contribution in [1.29, 1.82) is 0 Å². The summed E-state index contributed by atoms with van der Waals surface area (Å²) in [6.45, 7) is 9.69. The van der Waals surface area contributed by atoms with E-state index in [1.807, 2.05) is 50.6 Å². The number of aryl methyl sites for hydroxylation is 3. The summed E-state index contributed by atoms with van der Waals surface area (Å²) in [5.41, 5.74) is 2.61. The number of halogens is 1. The maximum absolute atomic E-state index is 14.5. The Morgan fingerprint density at radius 3 is 2.33 bits per heavy atom. The van der Waals surface area contributed by atoms with Gasteiger partial charge in [0.2, 0.25) is 5.88 Å². The lowest BCUT2D eigenvalue weighted by Crippen LogP contribution is -2.31. The van der Waals surface area contributed by atoms with Crippen LogP contribution >= 0.6 is 0 Å². The summed E-state index contributed by atoms with van der Waals surface area (Å²) >= 11 is 0. The van der Waals surface area contributed by atoms with E-state index in [0.717, 1.165) is 11.1 Å². The van der Waals surface area contributed by atoms with Crippen molar-refractivity contribution in [1.82, 2.24) is 14.7 Å². The van der Waals surface area contributed by atoms with Crippen LogP contribution in [0.25, 0.3) is 11.3 Å². The number of pyridine rings is 2. The molecule has 208 valence electrons. The zero-order chi connectivity index (χ0) is 29.0. The molecule has 0 spiro atoms. The smallest absolute Gasteiger partial charge is 0.281 e. The number of carbonyl (C=O) groups is 1. The Labute approximate surface area is 233 Å². The lowest BCUT2D eigenvalue weighted by molar-refractivity contribution is 0.0978. The molecular weight excluding hydrogens is 533 g/mol. The quantitative estimate of drug-likeness (QED) is 0.260. The van der Waals surface area contributed by atoms with E-state index in [1.165, 1.54) is 36.4 Å². The molecule has 1 amide bonds. The molecule has 10 heteroatoms. The largest absolute Gasteiger partial charge is 0.493 e. The molecule has 0 saturated carbocycles. The number of hydrogen-bond donors (Lipinski definition) is 1. The predicted molar refractivity (Wildman–Crippen MR) is 150 cm³/mol. The number of aromatic nitrogens is 2. The molecule has 0 fully saturated rings. The molecule has 0 aliphatic heterocycles. The molecule has 2 heterocycles. The van der Waals surface area contributed by atoms with Crippen molar-refractivity contribution < 1.29 is 27.1 Å². The van der Waals surface area contributed by atoms with E-state index in [4.69, 9.17) is 9.47 Å². The molecule has 4 aromatic rings. The molecule has 2 aromatic heterocycles. The van der Waals surface area contributed by atoms with Crippen LogP contribution in [0.3, 0.4) is 0 Å². The van der Waals surface area contributed by atoms with Gasteiger partial charge >= 0.3 is 0 Å². The first-order valence-corrected chi connectivity index (χ1v) is 14.1. The summed E-state index contributed by atoms with van der Waals surface area (Å²) in [5.74, 6) is -0.580. The molecule has 8 nitrogen and oxygen atoms in total. The highest BCUT2D eigenvalue weighted by Gasteiger charge is 2.25. The van der Waals surface area contributed by atoms with Crippen LogP contribution in [0.2, 0.25) is 0 Å². The van der Waals surface area contributed by atoms with Crippen molar-refractivity contribution in [2.24, 2.45) is 5.92 Å². The number of sulfonamides is 1. The van der Waals surface area contributed by atoms with Gasteiger partial charge in [-0.05, 0) is 74.2 Å². The molecule has 0 radical (unpaired) electrons. The molecule has 2 aromatic carbocycles. The fourth-order valence-corrected chi connectivity index (χ4v) is 4.84. The molecule has 0 aliphatic carbocycles. The zero-order valence-corrected chi connectivity index (χ0v) is 23.7. The van der Waals surface area contributed by atoms with Gasteiger partial charge in [0.1, 0.15) is 22.9 Å². The van der Waals surface area contributed by atoms with Gasteiger partial charge in [-0.25, -0.2) is 19.1 Å². The second kappa shape index (κ2) is 11.8. The second-order valence-corrected chi connectivity index (χ2v) is 11.4. The van der Waals surface area contributed by atoms with Gasteiger partial charge in [0.05, 0.1) is 12.3 Å². The van der Waals surface area contributed by atoms with Crippen LogP contribution in [0.15, 0.2) is 71.8 Å². The van der Waals surface area contributed by atoms with E-state index >= 15 is 0 Å². The number of para-hydroxylation sites is 1. The van der Waals surface area contributed by atoms with Crippen molar-refractivity contribution in [2.45, 2.75) is 39.6 Å². The zero-order valence-electron chi connectivity index (χ0n) is 22.9. The first kappa shape index (κ1) is 28.7. The fraction of sp³-hybridized carbons (Fsp3) is 0.233. The monoisotopic (exact) mass is 563 g/mol. The maximum Gasteiger partial charge on any atom is 0.281 e. The van der Waals surface area contributed by atoms with E-state index in [-0.39, 0.29) is 22.4 Å². The van der Waals surface area contributed by atoms with Crippen LogP contribution in [0.1, 0.15) is 41.0 Å². The van der Waals surface area contributed by atoms with Crippen molar-refractivity contribution in [2.75, 3.05) is 6.61 Å². The van der Waals surface area contributed by atoms with E-state index < -0.39 is 21.7 Å². The Kier molecular flexibility index (Phi) is 8.49. The number of benzene rings is 2. The SMILES string of the molecule is Cc1cccc(S(=O)(=O)NC(=O)c2ccc(-c3cc(F)cc(OCC(C)C)c3)nc2Oc2c(C)cccc2C)n1. The highest BCUT2D eigenvalue weighted by molar-refractivity contribution is 7.90. The number of carbonyl (C=O) groups excluding carboxylic acids is 1. The van der Waals surface area contributed by atoms with E-state index in [9.17, 15) is 17.6 Å². The molecule has 0 aliphatic rings. The molecule has 0 saturated heterocycles. The fourth-order valence-electron chi connectivity index (χ4n) is 3.86. The van der Waals surface area contributed by atoms with Crippen molar-refractivity contribution in [3.8, 4) is 28.6 Å². The summed E-state index contributed by atoms with van der Waals surface area (Å²) < 4.78 is 54.2. The van der Waals surface area contributed by atoms with Gasteiger partial charge in [-0.2, -0.15) is 8.42 Å². The predicted octanol–water partition coefficient (Wildman–Crippen LogP) is 6.15. The summed E-state index contributed by atoms with van der Waals surface area (Å²) in [5, 5.41) is -0.295. The first-order valence-electron chi connectivity index (χ1n) is 12.6. The lowest BCUT2D eigenvalue weighted by Gasteiger charge is -2.16. The molecule has 40 heavy (non-hydrogen) atoms. The van der Waals surface area contributed by atoms with Gasteiger partial charge in [-0.3, -0.25) is 4.79 Å². The normalized spacial score (nSPS) is 11.4. The molecule has 0 unspecified atom stereocenters. The molecule has 4 rings (SSSR count). The summed E-state index contributed by atoms with van der Waals surface area (Å²) in [4.78, 5) is 21.8. The third kappa shape index (κ3) is 6.81. The van der Waals surface area contributed by atoms with E-state index in [0.29, 0.717) is 35.1 Å². The van der Waals surface area contributed by atoms with Crippen molar-refractivity contribution in [3.63, 3.8) is 0 Å². The van der Waals surface area contributed by atoms with Gasteiger partial charge in [0.15, 0.2) is 5.03 Å². The molecular formula is C30H30FN3O5S. The minimum Gasteiger partial charge on any atom is -0.493 e. The van der Waals surface area contributed by atoms with Crippen LogP contribution in [0, 0.1) is 32.5 Å². The number of hydrogen-bond acceptors (Lipinski definition) is 7. The maximum atomic E-state index is 14.5. The van der Waals surface area contributed by atoms with Crippen LogP contribution < -0.4 is 14.2 Å². The molecule has 0 atom stereocenters. The first-order chi connectivity index (χ1) is 18.9. The Hall–Kier alpha value is -4.31. The van der Waals surface area contributed by atoms with Gasteiger partial charge in [-0.1, -0.05) is 38.1 Å². The van der Waals surface area contributed by atoms with Crippen LogP contribution in [0.5, 0.6) is 17.4 Å². The number of ether oxygens (including phenoxy) is 2. The third-order valence-corrected chi connectivity index (χ3v) is 7.06. The third-order valence-electron chi connectivity index (χ3n) is 5.83. The number of nitrogens with zero attached hydrogens (tertiary/aromatic N) is 2. The van der Waals surface area contributed by atoms with Crippen LogP contribution in [-0.2, 0) is 10.0 Å². The topological polar surface area (TPSA) is 107 Å². The van der Waals surface area contributed by atoms with Gasteiger partial charge < -0.3 is 9.47 Å². The van der Waals surface area contributed by atoms with Gasteiger partial charge in [0, 0.05) is 17.3 Å². The Morgan fingerprint density at radius 2 is 1.65 bits per heavy atom. The minimum absolute atomic E-state index is 0.129. The average molecular weight is 564 g/mol. The second-order valence-electron chi connectivity index (χ2n) is 9.80. The molecule has 1 N–H and O–H groups in total. The Bertz CT molecular complexity index is 1650. The average Bonchev–Trinajstić information content (AvgIpc) is 2.89. The number of rotatable bonds is 9.